The highest BCUT2D eigenvalue weighted by Crippen LogP contribution is 2.18. The van der Waals surface area contributed by atoms with Crippen molar-refractivity contribution in [1.29, 1.82) is 0 Å². The van der Waals surface area contributed by atoms with E-state index in [0.29, 0.717) is 19.3 Å². The van der Waals surface area contributed by atoms with E-state index in [1.807, 2.05) is 0 Å². The molecule has 6 nitrogen and oxygen atoms in total. The number of esters is 3. The third-order valence-electron chi connectivity index (χ3n) is 15.3. The highest BCUT2D eigenvalue weighted by Gasteiger charge is 2.19. The molecule has 78 heavy (non-hydrogen) atoms. The molecular weight excluding hydrogens is 961 g/mol. The lowest BCUT2D eigenvalue weighted by Gasteiger charge is -2.18. The molecule has 0 aromatic heterocycles. The molecule has 0 radical (unpaired) electrons. The van der Waals surface area contributed by atoms with Crippen LogP contribution in [0, 0.1) is 0 Å². The van der Waals surface area contributed by atoms with Crippen molar-refractivity contribution in [2.45, 2.75) is 367 Å². The fraction of sp³-hybridized carbons (Fsp3) is 0.819. The molecule has 0 saturated carbocycles. The van der Waals surface area contributed by atoms with Crippen molar-refractivity contribution in [3.8, 4) is 0 Å². The number of carbonyl (C=O) groups excluding carboxylic acids is 3. The van der Waals surface area contributed by atoms with E-state index in [1.54, 1.807) is 0 Å². The van der Waals surface area contributed by atoms with Gasteiger partial charge in [0.05, 0.1) is 0 Å². The van der Waals surface area contributed by atoms with Crippen LogP contribution in [0.3, 0.4) is 0 Å². The minimum absolute atomic E-state index is 0.0908. The average molecular weight is 1090 g/mol. The smallest absolute Gasteiger partial charge is 0.306 e. The summed E-state index contributed by atoms with van der Waals surface area (Å²) >= 11 is 0. The lowest BCUT2D eigenvalue weighted by atomic mass is 10.0. The first kappa shape index (κ1) is 75.1. The Bertz CT molecular complexity index is 1390. The van der Waals surface area contributed by atoms with Gasteiger partial charge in [-0.05, 0) is 83.5 Å². The van der Waals surface area contributed by atoms with Crippen molar-refractivity contribution >= 4 is 17.9 Å². The van der Waals surface area contributed by atoms with Gasteiger partial charge in [-0.3, -0.25) is 14.4 Å². The number of carbonyl (C=O) groups is 3. The standard InChI is InChI=1S/C72H130O6/c1-4-7-10-13-16-19-22-25-27-28-29-30-31-32-33-34-35-36-37-38-39-40-41-42-43-44-46-47-50-53-56-59-62-65-71(74)77-68-69(67-76-70(73)64-61-58-55-52-49-24-21-18-15-12-9-6-3)78-72(75)66-63-60-57-54-51-48-45-26-23-20-17-14-11-8-5-2/h8,11,17-18,20-21,26,45,51,54,69H,4-7,9-10,12-16,19,22-25,27-44,46-50,52-53,55-68H2,1-3H3/b11-8-,20-17-,21-18-,45-26-,54-51-. The van der Waals surface area contributed by atoms with Crippen molar-refractivity contribution in [3.63, 3.8) is 0 Å². The molecule has 0 aliphatic carbocycles. The topological polar surface area (TPSA) is 78.9 Å². The lowest BCUT2D eigenvalue weighted by molar-refractivity contribution is -0.167. The summed E-state index contributed by atoms with van der Waals surface area (Å²) in [5.74, 6) is -0.926. The van der Waals surface area contributed by atoms with Crippen LogP contribution in [0.4, 0.5) is 0 Å². The molecule has 0 aromatic carbocycles. The molecular formula is C72H130O6. The molecule has 0 aromatic rings. The SMILES string of the molecule is CC/C=C\C/C=C\C/C=C\C/C=C\CCCCC(=O)OC(COC(=O)CCCCCCC/C=C\CCCCC)COC(=O)CCCCCCCCCCCCCCCCCCCCCCCCCCCCCCCCCCC. The molecule has 0 fully saturated rings. The van der Waals surface area contributed by atoms with E-state index < -0.39 is 6.10 Å². The predicted molar refractivity (Wildman–Crippen MR) is 339 cm³/mol. The molecule has 0 rings (SSSR count). The van der Waals surface area contributed by atoms with Gasteiger partial charge in [-0.2, -0.15) is 0 Å². The number of hydrogen-bond donors (Lipinski definition) is 0. The van der Waals surface area contributed by atoms with Gasteiger partial charge in [-0.15, -0.1) is 0 Å². The molecule has 0 amide bonds. The van der Waals surface area contributed by atoms with Gasteiger partial charge in [0, 0.05) is 19.3 Å². The summed E-state index contributed by atoms with van der Waals surface area (Å²) in [6.07, 6.45) is 85.7. The number of ether oxygens (including phenoxy) is 3. The molecule has 0 aliphatic rings. The molecule has 6 heteroatoms. The quantitative estimate of drug-likeness (QED) is 0.0261. The van der Waals surface area contributed by atoms with E-state index in [4.69, 9.17) is 14.2 Å². The largest absolute Gasteiger partial charge is 0.462 e. The summed E-state index contributed by atoms with van der Waals surface area (Å²) in [6, 6.07) is 0. The third kappa shape index (κ3) is 63.9. The first-order chi connectivity index (χ1) is 38.5. The van der Waals surface area contributed by atoms with Crippen molar-refractivity contribution < 1.29 is 28.6 Å². The van der Waals surface area contributed by atoms with Gasteiger partial charge >= 0.3 is 17.9 Å². The number of allylic oxidation sites excluding steroid dienone is 10. The molecule has 0 aliphatic heterocycles. The molecule has 0 spiro atoms. The van der Waals surface area contributed by atoms with Crippen LogP contribution in [0.15, 0.2) is 60.8 Å². The van der Waals surface area contributed by atoms with Crippen molar-refractivity contribution in [2.75, 3.05) is 13.2 Å². The van der Waals surface area contributed by atoms with E-state index in [-0.39, 0.29) is 37.5 Å². The Balaban J connectivity index is 4.09. The van der Waals surface area contributed by atoms with Gasteiger partial charge in [-0.1, -0.05) is 319 Å². The summed E-state index contributed by atoms with van der Waals surface area (Å²) in [4.78, 5) is 38.2. The second-order valence-corrected chi connectivity index (χ2v) is 23.1. The zero-order chi connectivity index (χ0) is 56.4. The fourth-order valence-corrected chi connectivity index (χ4v) is 10.1. The maximum absolute atomic E-state index is 12.9. The first-order valence-electron chi connectivity index (χ1n) is 34.3. The van der Waals surface area contributed by atoms with E-state index in [2.05, 4.69) is 81.5 Å². The Hall–Kier alpha value is -2.89. The predicted octanol–water partition coefficient (Wildman–Crippen LogP) is 23.5. The van der Waals surface area contributed by atoms with Crippen LogP contribution >= 0.6 is 0 Å². The van der Waals surface area contributed by atoms with Crippen LogP contribution < -0.4 is 0 Å². The van der Waals surface area contributed by atoms with Gasteiger partial charge < -0.3 is 14.2 Å². The van der Waals surface area contributed by atoms with Gasteiger partial charge in [-0.25, -0.2) is 0 Å². The molecule has 454 valence electrons. The molecule has 0 bridgehead atoms. The first-order valence-corrected chi connectivity index (χ1v) is 34.3. The zero-order valence-electron chi connectivity index (χ0n) is 52.2. The van der Waals surface area contributed by atoms with E-state index in [1.165, 1.54) is 231 Å². The zero-order valence-corrected chi connectivity index (χ0v) is 52.2. The van der Waals surface area contributed by atoms with Crippen LogP contribution in [0.5, 0.6) is 0 Å². The van der Waals surface area contributed by atoms with E-state index in [9.17, 15) is 14.4 Å². The summed E-state index contributed by atoms with van der Waals surface area (Å²) in [7, 11) is 0. The van der Waals surface area contributed by atoms with Crippen molar-refractivity contribution in [2.24, 2.45) is 0 Å². The highest BCUT2D eigenvalue weighted by atomic mass is 16.6. The summed E-state index contributed by atoms with van der Waals surface area (Å²) in [6.45, 7) is 6.50. The number of rotatable bonds is 63. The van der Waals surface area contributed by atoms with Gasteiger partial charge in [0.15, 0.2) is 6.10 Å². The lowest BCUT2D eigenvalue weighted by Crippen LogP contribution is -2.30. The van der Waals surface area contributed by atoms with Crippen LogP contribution in [0.25, 0.3) is 0 Å². The van der Waals surface area contributed by atoms with Gasteiger partial charge in [0.1, 0.15) is 13.2 Å². The molecule has 0 saturated heterocycles. The van der Waals surface area contributed by atoms with Crippen LogP contribution in [0.1, 0.15) is 361 Å². The maximum atomic E-state index is 12.9. The molecule has 1 unspecified atom stereocenters. The Kier molecular flexibility index (Phi) is 64.2. The molecule has 1 atom stereocenters. The molecule has 0 N–H and O–H groups in total. The fourth-order valence-electron chi connectivity index (χ4n) is 10.1. The second-order valence-electron chi connectivity index (χ2n) is 23.1. The summed E-state index contributed by atoms with van der Waals surface area (Å²) in [5.41, 5.74) is 0. The van der Waals surface area contributed by atoms with Gasteiger partial charge in [0.2, 0.25) is 0 Å². The van der Waals surface area contributed by atoms with E-state index >= 15 is 0 Å². The Morgan fingerprint density at radius 2 is 0.500 bits per heavy atom. The Morgan fingerprint density at radius 3 is 0.846 bits per heavy atom. The van der Waals surface area contributed by atoms with Crippen molar-refractivity contribution in [3.05, 3.63) is 60.8 Å². The monoisotopic (exact) mass is 1090 g/mol. The van der Waals surface area contributed by atoms with E-state index in [0.717, 1.165) is 83.5 Å². The van der Waals surface area contributed by atoms with Crippen molar-refractivity contribution in [1.82, 2.24) is 0 Å². The number of unbranched alkanes of at least 4 members (excludes halogenated alkanes) is 42. The average Bonchev–Trinajstić information content (AvgIpc) is 3.44. The summed E-state index contributed by atoms with van der Waals surface area (Å²) < 4.78 is 16.9. The minimum Gasteiger partial charge on any atom is -0.462 e. The highest BCUT2D eigenvalue weighted by molar-refractivity contribution is 5.71. The van der Waals surface area contributed by atoms with Crippen LogP contribution in [0.2, 0.25) is 0 Å². The van der Waals surface area contributed by atoms with Crippen LogP contribution in [-0.2, 0) is 28.6 Å². The Morgan fingerprint density at radius 1 is 0.269 bits per heavy atom. The summed E-state index contributed by atoms with van der Waals surface area (Å²) in [5, 5.41) is 0. The third-order valence-corrected chi connectivity index (χ3v) is 15.3. The minimum atomic E-state index is -0.798. The number of hydrogen-bond acceptors (Lipinski definition) is 6. The normalized spacial score (nSPS) is 12.4. The van der Waals surface area contributed by atoms with Crippen LogP contribution in [-0.4, -0.2) is 37.2 Å². The second kappa shape index (κ2) is 66.6. The Labute approximate surface area is 485 Å². The maximum Gasteiger partial charge on any atom is 0.306 e. The molecule has 0 heterocycles. The van der Waals surface area contributed by atoms with Gasteiger partial charge in [0.25, 0.3) is 0 Å².